The van der Waals surface area contributed by atoms with Gasteiger partial charge in [-0.15, -0.1) is 11.8 Å². The molecule has 1 aromatic rings. The Morgan fingerprint density at radius 2 is 1.90 bits per heavy atom. The summed E-state index contributed by atoms with van der Waals surface area (Å²) in [5.41, 5.74) is 0. The highest BCUT2D eigenvalue weighted by atomic mass is 79.9. The highest BCUT2D eigenvalue weighted by molar-refractivity contribution is 9.10. The van der Waals surface area contributed by atoms with Crippen molar-refractivity contribution in [1.29, 1.82) is 0 Å². The highest BCUT2D eigenvalue weighted by Crippen LogP contribution is 2.27. The smallest absolute Gasteiger partial charge is 0.223 e. The van der Waals surface area contributed by atoms with Crippen LogP contribution >= 0.6 is 27.7 Å². The molecule has 0 saturated carbocycles. The molecule has 0 saturated heterocycles. The van der Waals surface area contributed by atoms with E-state index in [1.165, 1.54) is 4.90 Å². The summed E-state index contributed by atoms with van der Waals surface area (Å²) < 4.78 is 1.10. The van der Waals surface area contributed by atoms with Gasteiger partial charge in [-0.3, -0.25) is 4.79 Å². The van der Waals surface area contributed by atoms with Crippen molar-refractivity contribution in [2.24, 2.45) is 0 Å². The lowest BCUT2D eigenvalue weighted by Gasteiger charge is -2.24. The molecule has 0 radical (unpaired) electrons. The quantitative estimate of drug-likeness (QED) is 0.617. The first-order valence-corrected chi connectivity index (χ1v) is 9.12. The van der Waals surface area contributed by atoms with Crippen LogP contribution in [0.2, 0.25) is 0 Å². The first-order valence-electron chi connectivity index (χ1n) is 7.34. The summed E-state index contributed by atoms with van der Waals surface area (Å²) in [5.74, 6) is 1.09. The van der Waals surface area contributed by atoms with E-state index in [0.29, 0.717) is 6.42 Å². The van der Waals surface area contributed by atoms with Crippen LogP contribution in [0.15, 0.2) is 33.6 Å². The molecular formula is C16H25BrN2OS. The summed E-state index contributed by atoms with van der Waals surface area (Å²) in [5, 5.41) is 0. The van der Waals surface area contributed by atoms with Gasteiger partial charge in [-0.2, -0.15) is 0 Å². The summed E-state index contributed by atoms with van der Waals surface area (Å²) in [7, 11) is 4.08. The van der Waals surface area contributed by atoms with Crippen molar-refractivity contribution in [2.45, 2.75) is 24.7 Å². The maximum atomic E-state index is 12.3. The lowest BCUT2D eigenvalue weighted by Crippen LogP contribution is -2.37. The highest BCUT2D eigenvalue weighted by Gasteiger charge is 2.12. The molecule has 0 atom stereocenters. The maximum Gasteiger partial charge on any atom is 0.223 e. The van der Waals surface area contributed by atoms with Crippen LogP contribution in [0.1, 0.15) is 19.8 Å². The number of benzene rings is 1. The lowest BCUT2D eigenvalue weighted by atomic mass is 10.3. The van der Waals surface area contributed by atoms with E-state index in [-0.39, 0.29) is 5.91 Å². The minimum atomic E-state index is 0.262. The zero-order valence-electron chi connectivity index (χ0n) is 13.1. The summed E-state index contributed by atoms with van der Waals surface area (Å²) in [6, 6.07) is 8.14. The Bertz CT molecular complexity index is 440. The zero-order valence-corrected chi connectivity index (χ0v) is 15.5. The van der Waals surface area contributed by atoms with Crippen molar-refractivity contribution in [3.8, 4) is 0 Å². The van der Waals surface area contributed by atoms with Gasteiger partial charge in [-0.1, -0.05) is 19.1 Å². The number of rotatable bonds is 9. The lowest BCUT2D eigenvalue weighted by molar-refractivity contribution is -0.130. The van der Waals surface area contributed by atoms with Crippen molar-refractivity contribution in [3.63, 3.8) is 0 Å². The Labute approximate surface area is 141 Å². The third-order valence-electron chi connectivity index (χ3n) is 3.07. The molecule has 1 amide bonds. The Kier molecular flexibility index (Phi) is 9.04. The van der Waals surface area contributed by atoms with E-state index < -0.39 is 0 Å². The van der Waals surface area contributed by atoms with Crippen molar-refractivity contribution in [3.05, 3.63) is 28.7 Å². The van der Waals surface area contributed by atoms with Gasteiger partial charge in [0.2, 0.25) is 5.91 Å². The number of hydrogen-bond acceptors (Lipinski definition) is 3. The third kappa shape index (κ3) is 7.34. The molecule has 1 rings (SSSR count). The Balaban J connectivity index is 2.40. The molecule has 118 valence electrons. The topological polar surface area (TPSA) is 23.6 Å². The minimum absolute atomic E-state index is 0.262. The average Bonchev–Trinajstić information content (AvgIpc) is 2.45. The number of amides is 1. The van der Waals surface area contributed by atoms with Gasteiger partial charge in [0.15, 0.2) is 0 Å². The summed E-state index contributed by atoms with van der Waals surface area (Å²) in [6.07, 6.45) is 1.61. The van der Waals surface area contributed by atoms with E-state index in [4.69, 9.17) is 0 Å². The monoisotopic (exact) mass is 372 g/mol. The Morgan fingerprint density at radius 1 is 1.19 bits per heavy atom. The standard InChI is InChI=1S/C16H25BrN2OS/c1-4-10-19(12-11-18(2)3)16(20)9-13-21-15-8-6-5-7-14(15)17/h5-8H,4,9-13H2,1-3H3. The summed E-state index contributed by atoms with van der Waals surface area (Å²) >= 11 is 5.27. The predicted octanol–water partition coefficient (Wildman–Crippen LogP) is 3.73. The summed E-state index contributed by atoms with van der Waals surface area (Å²) in [4.78, 5) is 17.6. The van der Waals surface area contributed by atoms with Gasteiger partial charge < -0.3 is 9.80 Å². The van der Waals surface area contributed by atoms with Gasteiger partial charge in [0.05, 0.1) is 0 Å². The van der Waals surface area contributed by atoms with Crippen LogP contribution in [0, 0.1) is 0 Å². The molecule has 3 nitrogen and oxygen atoms in total. The van der Waals surface area contributed by atoms with Crippen LogP contribution < -0.4 is 0 Å². The summed E-state index contributed by atoms with van der Waals surface area (Å²) in [6.45, 7) is 4.71. The van der Waals surface area contributed by atoms with E-state index >= 15 is 0 Å². The number of hydrogen-bond donors (Lipinski definition) is 0. The van der Waals surface area contributed by atoms with Gasteiger partial charge in [-0.05, 0) is 48.6 Å². The molecule has 0 fully saturated rings. The van der Waals surface area contributed by atoms with Gasteiger partial charge >= 0.3 is 0 Å². The van der Waals surface area contributed by atoms with Crippen LogP contribution in [0.4, 0.5) is 0 Å². The largest absolute Gasteiger partial charge is 0.341 e. The minimum Gasteiger partial charge on any atom is -0.341 e. The van der Waals surface area contributed by atoms with Crippen molar-refractivity contribution in [2.75, 3.05) is 39.5 Å². The second-order valence-corrected chi connectivity index (χ2v) is 7.20. The van der Waals surface area contributed by atoms with Gasteiger partial charge in [0, 0.05) is 41.2 Å². The number of halogens is 1. The predicted molar refractivity (Wildman–Crippen MR) is 94.9 cm³/mol. The fraction of sp³-hybridized carbons (Fsp3) is 0.562. The molecular weight excluding hydrogens is 348 g/mol. The number of carbonyl (C=O) groups is 1. The average molecular weight is 373 g/mol. The molecule has 5 heteroatoms. The number of likely N-dealkylation sites (N-methyl/N-ethyl adjacent to an activating group) is 1. The molecule has 1 aromatic carbocycles. The van der Waals surface area contributed by atoms with Crippen LogP contribution in [0.25, 0.3) is 0 Å². The molecule has 0 unspecified atom stereocenters. The molecule has 0 aromatic heterocycles. The molecule has 0 aliphatic rings. The Hall–Kier alpha value is -0.520. The van der Waals surface area contributed by atoms with Gasteiger partial charge in [0.25, 0.3) is 0 Å². The number of nitrogens with zero attached hydrogens (tertiary/aromatic N) is 2. The molecule has 0 bridgehead atoms. The second kappa shape index (κ2) is 10.2. The Morgan fingerprint density at radius 3 is 2.52 bits per heavy atom. The molecule has 0 spiro atoms. The second-order valence-electron chi connectivity index (χ2n) is 5.21. The number of thioether (sulfide) groups is 1. The fourth-order valence-corrected chi connectivity index (χ4v) is 3.43. The van der Waals surface area contributed by atoms with Crippen molar-refractivity contribution >= 4 is 33.6 Å². The van der Waals surface area contributed by atoms with E-state index in [1.807, 2.05) is 37.2 Å². The van der Waals surface area contributed by atoms with E-state index in [9.17, 15) is 4.79 Å². The van der Waals surface area contributed by atoms with E-state index in [1.54, 1.807) is 11.8 Å². The normalized spacial score (nSPS) is 10.9. The third-order valence-corrected chi connectivity index (χ3v) is 5.10. The van der Waals surface area contributed by atoms with Gasteiger partial charge in [0.1, 0.15) is 0 Å². The molecule has 21 heavy (non-hydrogen) atoms. The first kappa shape index (κ1) is 18.5. The number of carbonyl (C=O) groups excluding carboxylic acids is 1. The van der Waals surface area contributed by atoms with Gasteiger partial charge in [-0.25, -0.2) is 0 Å². The SMILES string of the molecule is CCCN(CCN(C)C)C(=O)CCSc1ccccc1Br. The van der Waals surface area contributed by atoms with Crippen molar-refractivity contribution < 1.29 is 4.79 Å². The first-order chi connectivity index (χ1) is 10.0. The molecule has 0 aliphatic heterocycles. The van der Waals surface area contributed by atoms with Crippen LogP contribution in [0.5, 0.6) is 0 Å². The molecule has 0 N–H and O–H groups in total. The molecule has 0 heterocycles. The fourth-order valence-electron chi connectivity index (χ4n) is 1.92. The van der Waals surface area contributed by atoms with Crippen LogP contribution in [0.3, 0.4) is 0 Å². The van der Waals surface area contributed by atoms with E-state index in [2.05, 4.69) is 33.8 Å². The van der Waals surface area contributed by atoms with Crippen molar-refractivity contribution in [1.82, 2.24) is 9.80 Å². The van der Waals surface area contributed by atoms with Crippen LogP contribution in [-0.4, -0.2) is 55.2 Å². The zero-order chi connectivity index (χ0) is 15.7. The molecule has 0 aliphatic carbocycles. The van der Waals surface area contributed by atoms with Crippen LogP contribution in [-0.2, 0) is 4.79 Å². The maximum absolute atomic E-state index is 12.3. The van der Waals surface area contributed by atoms with E-state index in [0.717, 1.165) is 36.3 Å².